The maximum absolute atomic E-state index is 13.5. The third-order valence-electron chi connectivity index (χ3n) is 4.00. The van der Waals surface area contributed by atoms with Crippen LogP contribution in [0.5, 0.6) is 0 Å². The summed E-state index contributed by atoms with van der Waals surface area (Å²) in [4.78, 5) is 15.8. The highest BCUT2D eigenvalue weighted by molar-refractivity contribution is 5.87. The monoisotopic (exact) mass is 300 g/mol. The molecule has 4 heteroatoms. The van der Waals surface area contributed by atoms with Crippen molar-refractivity contribution < 1.29 is 9.18 Å². The Balaban J connectivity index is 1.92. The molecule has 2 rings (SSSR count). The minimum absolute atomic E-state index is 0.00968. The van der Waals surface area contributed by atoms with Crippen molar-refractivity contribution in [1.82, 2.24) is 9.80 Å². The van der Waals surface area contributed by atoms with Crippen LogP contribution in [-0.4, -0.2) is 47.9 Å². The van der Waals surface area contributed by atoms with E-state index < -0.39 is 0 Å². The van der Waals surface area contributed by atoms with Gasteiger partial charge in [-0.1, -0.05) is 24.8 Å². The van der Waals surface area contributed by atoms with Crippen molar-refractivity contribution in [3.8, 4) is 0 Å². The molecule has 3 nitrogen and oxygen atoms in total. The molecule has 0 spiro atoms. The summed E-state index contributed by atoms with van der Waals surface area (Å²) in [6, 6.07) is 7.31. The number of halogens is 1. The molecular formula is C18H21FN2O. The van der Waals surface area contributed by atoms with Gasteiger partial charge in [-0.25, -0.2) is 4.39 Å². The average molecular weight is 300 g/mol. The summed E-state index contributed by atoms with van der Waals surface area (Å²) in [5, 5.41) is 0. The lowest BCUT2D eigenvalue weighted by Gasteiger charge is -2.39. The molecule has 0 bridgehead atoms. The molecule has 1 atom stereocenters. The predicted octanol–water partition coefficient (Wildman–Crippen LogP) is 2.16. The lowest BCUT2D eigenvalue weighted by atomic mass is 10.1. The Labute approximate surface area is 131 Å². The Morgan fingerprint density at radius 1 is 1.45 bits per heavy atom. The van der Waals surface area contributed by atoms with Crippen molar-refractivity contribution >= 4 is 5.91 Å². The lowest BCUT2D eigenvalue weighted by Crippen LogP contribution is -2.54. The second-order valence-corrected chi connectivity index (χ2v) is 5.48. The van der Waals surface area contributed by atoms with E-state index in [1.807, 2.05) is 0 Å². The zero-order valence-electron chi connectivity index (χ0n) is 12.9. The molecule has 0 unspecified atom stereocenters. The molecule has 1 saturated heterocycles. The van der Waals surface area contributed by atoms with Crippen molar-refractivity contribution in [1.29, 1.82) is 0 Å². The van der Waals surface area contributed by atoms with Gasteiger partial charge in [0, 0.05) is 37.3 Å². The number of amides is 1. The van der Waals surface area contributed by atoms with E-state index in [1.165, 1.54) is 12.1 Å². The lowest BCUT2D eigenvalue weighted by molar-refractivity contribution is -0.129. The van der Waals surface area contributed by atoms with E-state index in [9.17, 15) is 9.18 Å². The molecule has 0 radical (unpaired) electrons. The molecule has 0 N–H and O–H groups in total. The third-order valence-corrected chi connectivity index (χ3v) is 4.00. The fourth-order valence-electron chi connectivity index (χ4n) is 2.61. The fraction of sp³-hybridized carbons (Fsp3) is 0.389. The molecule has 1 aromatic carbocycles. The zero-order valence-corrected chi connectivity index (χ0v) is 12.9. The van der Waals surface area contributed by atoms with Gasteiger partial charge in [-0.2, -0.15) is 0 Å². The summed E-state index contributed by atoms with van der Waals surface area (Å²) in [6.45, 7) is 12.0. The first-order valence-electron chi connectivity index (χ1n) is 7.42. The van der Waals surface area contributed by atoms with Crippen molar-refractivity contribution in [3.05, 3.63) is 60.5 Å². The third kappa shape index (κ3) is 3.75. The second-order valence-electron chi connectivity index (χ2n) is 5.48. The molecule has 1 aromatic rings. The Morgan fingerprint density at radius 3 is 2.86 bits per heavy atom. The molecule has 116 valence electrons. The van der Waals surface area contributed by atoms with E-state index in [1.54, 1.807) is 17.9 Å². The van der Waals surface area contributed by atoms with Crippen molar-refractivity contribution in [2.75, 3.05) is 26.2 Å². The first-order valence-corrected chi connectivity index (χ1v) is 7.42. The van der Waals surface area contributed by atoms with Gasteiger partial charge in [0.05, 0.1) is 6.04 Å². The van der Waals surface area contributed by atoms with E-state index in [-0.39, 0.29) is 17.8 Å². The Morgan fingerprint density at radius 2 is 2.23 bits per heavy atom. The van der Waals surface area contributed by atoms with Crippen LogP contribution in [0.2, 0.25) is 0 Å². The van der Waals surface area contributed by atoms with Crippen LogP contribution in [0.4, 0.5) is 4.39 Å². The molecule has 1 amide bonds. The van der Waals surface area contributed by atoms with Crippen molar-refractivity contribution in [3.63, 3.8) is 0 Å². The van der Waals surface area contributed by atoms with E-state index >= 15 is 0 Å². The predicted molar refractivity (Wildman–Crippen MR) is 84.8 cm³/mol. The number of hydrogen-bond acceptors (Lipinski definition) is 2. The highest BCUT2D eigenvalue weighted by Gasteiger charge is 2.26. The van der Waals surface area contributed by atoms with Crippen molar-refractivity contribution in [2.45, 2.75) is 19.4 Å². The Hall–Kier alpha value is -2.12. The maximum Gasteiger partial charge on any atom is 0.246 e. The quantitative estimate of drug-likeness (QED) is 0.614. The van der Waals surface area contributed by atoms with E-state index in [0.29, 0.717) is 18.5 Å². The van der Waals surface area contributed by atoms with Crippen LogP contribution < -0.4 is 0 Å². The molecule has 1 aliphatic heterocycles. The van der Waals surface area contributed by atoms with Crippen LogP contribution in [0.25, 0.3) is 0 Å². The minimum Gasteiger partial charge on any atom is -0.330 e. The van der Waals surface area contributed by atoms with Gasteiger partial charge in [0.15, 0.2) is 0 Å². The number of nitrogens with zero attached hydrogens (tertiary/aromatic N) is 2. The topological polar surface area (TPSA) is 23.6 Å². The summed E-state index contributed by atoms with van der Waals surface area (Å²) >= 11 is 0. The van der Waals surface area contributed by atoms with Crippen LogP contribution in [0.3, 0.4) is 0 Å². The molecule has 0 aliphatic carbocycles. The molecule has 0 aromatic heterocycles. The van der Waals surface area contributed by atoms with Gasteiger partial charge >= 0.3 is 0 Å². The molecule has 1 aliphatic rings. The van der Waals surface area contributed by atoms with E-state index in [2.05, 4.69) is 30.2 Å². The van der Waals surface area contributed by atoms with Crippen molar-refractivity contribution in [2.24, 2.45) is 0 Å². The summed E-state index contributed by atoms with van der Waals surface area (Å²) in [5.41, 5.74) is 1.31. The first-order chi connectivity index (χ1) is 10.5. The standard InChI is InChI=1S/C18H21FN2O/c1-4-16-13-20(10-11-21(16)18(22)5-2)9-8-15-7-6-14(3)17(19)12-15/h4-5,12,16H,1-2,8-11,13H2,3H3/t16-/m1/s1. The number of piperazine rings is 1. The van der Waals surface area contributed by atoms with Gasteiger partial charge in [-0.15, -0.1) is 6.58 Å². The largest absolute Gasteiger partial charge is 0.330 e. The number of hydrogen-bond donors (Lipinski definition) is 0. The van der Waals surface area contributed by atoms with Crippen LogP contribution >= 0.6 is 0 Å². The second kappa shape index (κ2) is 7.24. The number of carbonyl (C=O) groups excluding carboxylic acids is 1. The van der Waals surface area contributed by atoms with Crippen LogP contribution in [0.15, 0.2) is 31.4 Å². The first kappa shape index (κ1) is 16.3. The zero-order chi connectivity index (χ0) is 16.1. The maximum atomic E-state index is 13.5. The van der Waals surface area contributed by atoms with Crippen LogP contribution in [0, 0.1) is 24.9 Å². The average Bonchev–Trinajstić information content (AvgIpc) is 2.54. The molecular weight excluding hydrogens is 279 g/mol. The minimum atomic E-state index is -0.237. The highest BCUT2D eigenvalue weighted by atomic mass is 19.1. The summed E-state index contributed by atoms with van der Waals surface area (Å²) in [6.07, 6.45) is 3.85. The highest BCUT2D eigenvalue weighted by Crippen LogP contribution is 2.13. The molecule has 22 heavy (non-hydrogen) atoms. The fourth-order valence-corrected chi connectivity index (χ4v) is 2.61. The number of carbonyl (C=O) groups is 1. The van der Waals surface area contributed by atoms with Gasteiger partial charge in [-0.05, 0) is 25.5 Å². The van der Waals surface area contributed by atoms with Gasteiger partial charge < -0.3 is 4.90 Å². The summed E-state index contributed by atoms with van der Waals surface area (Å²) in [5.74, 6) is -0.299. The summed E-state index contributed by atoms with van der Waals surface area (Å²) < 4.78 is 13.5. The molecule has 1 fully saturated rings. The smallest absolute Gasteiger partial charge is 0.246 e. The van der Waals surface area contributed by atoms with Gasteiger partial charge in [0.1, 0.15) is 5.82 Å². The Kier molecular flexibility index (Phi) is 5.35. The summed E-state index contributed by atoms with van der Waals surface area (Å²) in [7, 11) is 0. The normalized spacial score (nSPS) is 18.6. The van der Waals surface area contributed by atoms with Crippen LogP contribution in [0.1, 0.15) is 11.1 Å². The van der Waals surface area contributed by atoms with Gasteiger partial charge in [-0.3, -0.25) is 9.69 Å². The Bertz CT molecular complexity index is 570. The van der Waals surface area contributed by atoms with Gasteiger partial charge in [0.25, 0.3) is 0 Å². The molecule has 0 saturated carbocycles. The SMILES string of the molecule is C=CC(=O)N1CCN(CCc2c#cc(C)c(F)c2)C[C@H]1C=C. The van der Waals surface area contributed by atoms with Crippen LogP contribution in [-0.2, 0) is 11.2 Å². The van der Waals surface area contributed by atoms with Gasteiger partial charge in [0.2, 0.25) is 5.91 Å². The molecule has 1 heterocycles. The van der Waals surface area contributed by atoms with E-state index in [4.69, 9.17) is 0 Å². The number of rotatable bonds is 5. The van der Waals surface area contributed by atoms with E-state index in [0.717, 1.165) is 25.2 Å².